The van der Waals surface area contributed by atoms with Crippen LogP contribution in [0.4, 0.5) is 0 Å². The molecule has 0 fully saturated rings. The Bertz CT molecular complexity index is 707. The number of aliphatic carboxylic acids is 1. The molecule has 0 saturated carbocycles. The summed E-state index contributed by atoms with van der Waals surface area (Å²) in [5, 5.41) is 11.9. The van der Waals surface area contributed by atoms with Crippen molar-refractivity contribution in [3.63, 3.8) is 0 Å². The summed E-state index contributed by atoms with van der Waals surface area (Å²) in [7, 11) is 0. The zero-order valence-electron chi connectivity index (χ0n) is 25.7. The number of carbonyl (C=O) groups is 4. The Morgan fingerprint density at radius 2 is 0.897 bits per heavy atom. The van der Waals surface area contributed by atoms with E-state index in [9.17, 15) is 24.3 Å². The largest absolute Gasteiger partial charge is 0.480 e. The number of nitrogens with one attached hydrogen (secondary N) is 1. The van der Waals surface area contributed by atoms with Crippen molar-refractivity contribution in [2.45, 2.75) is 174 Å². The van der Waals surface area contributed by atoms with E-state index < -0.39 is 29.2 Å². The fraction of sp³-hybridized carbons (Fsp3) is 0.871. The standard InChI is InChI=1S/C31H57NO7/c1-30(2,3)38-27(34)22-20-18-16-14-12-10-8-7-9-11-13-15-17-19-21-26(33)32-25(29(36)37)23-24-28(35)39-31(4,5)6/h25H,7-24H2,1-6H3,(H,32,33)(H,36,37)/t25-/m0/s1. The van der Waals surface area contributed by atoms with Crippen LogP contribution in [-0.2, 0) is 28.7 Å². The third kappa shape index (κ3) is 25.9. The van der Waals surface area contributed by atoms with Crippen LogP contribution in [0.3, 0.4) is 0 Å². The minimum absolute atomic E-state index is 0.0197. The summed E-state index contributed by atoms with van der Waals surface area (Å²) < 4.78 is 10.5. The van der Waals surface area contributed by atoms with Gasteiger partial charge in [-0.05, 0) is 60.8 Å². The molecule has 0 unspecified atom stereocenters. The molecule has 0 aliphatic heterocycles. The van der Waals surface area contributed by atoms with Gasteiger partial charge in [-0.2, -0.15) is 0 Å². The number of carboxylic acids is 1. The van der Waals surface area contributed by atoms with Crippen LogP contribution in [0.25, 0.3) is 0 Å². The van der Waals surface area contributed by atoms with Gasteiger partial charge in [-0.1, -0.05) is 77.0 Å². The van der Waals surface area contributed by atoms with Crippen LogP contribution in [0.15, 0.2) is 0 Å². The fourth-order valence-corrected chi connectivity index (χ4v) is 4.25. The van der Waals surface area contributed by atoms with Crippen LogP contribution >= 0.6 is 0 Å². The molecule has 1 amide bonds. The van der Waals surface area contributed by atoms with Crippen LogP contribution in [-0.4, -0.2) is 46.2 Å². The zero-order chi connectivity index (χ0) is 29.7. The van der Waals surface area contributed by atoms with E-state index in [-0.39, 0.29) is 24.7 Å². The van der Waals surface area contributed by atoms with Gasteiger partial charge in [0.2, 0.25) is 5.91 Å². The second kappa shape index (κ2) is 20.7. The number of unbranched alkanes of at least 4 members (excludes halogenated alkanes) is 13. The van der Waals surface area contributed by atoms with Crippen molar-refractivity contribution in [3.05, 3.63) is 0 Å². The highest BCUT2D eigenvalue weighted by Crippen LogP contribution is 2.15. The summed E-state index contributed by atoms with van der Waals surface area (Å²) in [4.78, 5) is 47.0. The second-order valence-electron chi connectivity index (χ2n) is 12.6. The predicted octanol–water partition coefficient (Wildman–Crippen LogP) is 7.26. The third-order valence-electron chi connectivity index (χ3n) is 6.15. The average Bonchev–Trinajstić information content (AvgIpc) is 2.79. The van der Waals surface area contributed by atoms with Crippen molar-refractivity contribution in [2.75, 3.05) is 0 Å². The summed E-state index contributed by atoms with van der Waals surface area (Å²) >= 11 is 0. The third-order valence-corrected chi connectivity index (χ3v) is 6.15. The molecular weight excluding hydrogens is 498 g/mol. The number of carboxylic acid groups (broad SMARTS) is 1. The molecule has 2 N–H and O–H groups in total. The van der Waals surface area contributed by atoms with Crippen molar-refractivity contribution >= 4 is 23.8 Å². The number of esters is 2. The predicted molar refractivity (Wildman–Crippen MR) is 154 cm³/mol. The van der Waals surface area contributed by atoms with E-state index >= 15 is 0 Å². The molecular formula is C31H57NO7. The molecule has 0 spiro atoms. The topological polar surface area (TPSA) is 119 Å². The average molecular weight is 556 g/mol. The van der Waals surface area contributed by atoms with Gasteiger partial charge < -0.3 is 19.9 Å². The molecule has 0 radical (unpaired) electrons. The highest BCUT2D eigenvalue weighted by molar-refractivity contribution is 5.84. The van der Waals surface area contributed by atoms with Crippen molar-refractivity contribution in [3.8, 4) is 0 Å². The molecule has 39 heavy (non-hydrogen) atoms. The highest BCUT2D eigenvalue weighted by Gasteiger charge is 2.23. The monoisotopic (exact) mass is 555 g/mol. The summed E-state index contributed by atoms with van der Waals surface area (Å²) in [5.41, 5.74) is -1.01. The first-order chi connectivity index (χ1) is 18.2. The van der Waals surface area contributed by atoms with E-state index in [4.69, 9.17) is 9.47 Å². The van der Waals surface area contributed by atoms with E-state index in [0.29, 0.717) is 12.8 Å². The molecule has 0 bridgehead atoms. The fourth-order valence-electron chi connectivity index (χ4n) is 4.25. The molecule has 1 atom stereocenters. The van der Waals surface area contributed by atoms with E-state index in [2.05, 4.69) is 5.32 Å². The molecule has 0 heterocycles. The second-order valence-corrected chi connectivity index (χ2v) is 12.6. The van der Waals surface area contributed by atoms with Gasteiger partial charge >= 0.3 is 17.9 Å². The maximum absolute atomic E-state index is 12.1. The van der Waals surface area contributed by atoms with Crippen molar-refractivity contribution in [1.82, 2.24) is 5.32 Å². The molecule has 0 aromatic heterocycles. The lowest BCUT2D eigenvalue weighted by Gasteiger charge is -2.20. The van der Waals surface area contributed by atoms with Gasteiger partial charge in [0, 0.05) is 19.3 Å². The van der Waals surface area contributed by atoms with Crippen molar-refractivity contribution in [2.24, 2.45) is 0 Å². The lowest BCUT2D eigenvalue weighted by Crippen LogP contribution is -2.41. The summed E-state index contributed by atoms with van der Waals surface area (Å²) in [6.07, 6.45) is 16.7. The molecule has 0 aliphatic carbocycles. The molecule has 0 saturated heterocycles. The number of carbonyl (C=O) groups excluding carboxylic acids is 3. The Balaban J connectivity index is 3.61. The van der Waals surface area contributed by atoms with Crippen molar-refractivity contribution < 1.29 is 33.8 Å². The van der Waals surface area contributed by atoms with Crippen molar-refractivity contribution in [1.29, 1.82) is 0 Å². The Hall–Kier alpha value is -2.12. The van der Waals surface area contributed by atoms with E-state index in [1.165, 1.54) is 51.4 Å². The molecule has 228 valence electrons. The molecule has 0 aromatic carbocycles. The number of rotatable bonds is 22. The normalized spacial score (nSPS) is 12.6. The lowest BCUT2D eigenvalue weighted by atomic mass is 10.0. The quantitative estimate of drug-likeness (QED) is 0.107. The van der Waals surface area contributed by atoms with E-state index in [1.807, 2.05) is 20.8 Å². The van der Waals surface area contributed by atoms with Gasteiger partial charge in [-0.15, -0.1) is 0 Å². The Labute approximate surface area is 237 Å². The number of hydrogen-bond acceptors (Lipinski definition) is 6. The molecule has 0 rings (SSSR count). The maximum Gasteiger partial charge on any atom is 0.326 e. The molecule has 0 aliphatic rings. The summed E-state index contributed by atoms with van der Waals surface area (Å²) in [6, 6.07) is -1.07. The highest BCUT2D eigenvalue weighted by atomic mass is 16.6. The SMILES string of the molecule is CC(C)(C)OC(=O)CCCCCCCCCCCCCCCCC(=O)N[C@@H](CCC(=O)OC(C)(C)C)C(=O)O. The van der Waals surface area contributed by atoms with Gasteiger partial charge in [-0.25, -0.2) is 4.79 Å². The number of amides is 1. The van der Waals surface area contributed by atoms with E-state index in [1.54, 1.807) is 20.8 Å². The smallest absolute Gasteiger partial charge is 0.326 e. The lowest BCUT2D eigenvalue weighted by molar-refractivity contribution is -0.156. The first kappa shape index (κ1) is 36.9. The van der Waals surface area contributed by atoms with Gasteiger partial charge in [-0.3, -0.25) is 14.4 Å². The number of ether oxygens (including phenoxy) is 2. The Kier molecular flexibility index (Phi) is 19.6. The minimum atomic E-state index is -1.14. The zero-order valence-corrected chi connectivity index (χ0v) is 25.7. The van der Waals surface area contributed by atoms with Crippen LogP contribution < -0.4 is 5.32 Å². The first-order valence-electron chi connectivity index (χ1n) is 15.2. The van der Waals surface area contributed by atoms with Crippen LogP contribution in [0.5, 0.6) is 0 Å². The van der Waals surface area contributed by atoms with Gasteiger partial charge in [0.15, 0.2) is 0 Å². The summed E-state index contributed by atoms with van der Waals surface area (Å²) in [6.45, 7) is 11.0. The van der Waals surface area contributed by atoms with Gasteiger partial charge in [0.1, 0.15) is 17.2 Å². The molecule has 8 nitrogen and oxygen atoms in total. The maximum atomic E-state index is 12.1. The van der Waals surface area contributed by atoms with Gasteiger partial charge in [0.25, 0.3) is 0 Å². The molecule has 8 heteroatoms. The minimum Gasteiger partial charge on any atom is -0.480 e. The first-order valence-corrected chi connectivity index (χ1v) is 15.2. The Morgan fingerprint density at radius 3 is 1.26 bits per heavy atom. The summed E-state index contributed by atoms with van der Waals surface area (Å²) in [5.74, 6) is -1.98. The van der Waals surface area contributed by atoms with E-state index in [0.717, 1.165) is 38.5 Å². The Morgan fingerprint density at radius 1 is 0.564 bits per heavy atom. The van der Waals surface area contributed by atoms with Crippen LogP contribution in [0.2, 0.25) is 0 Å². The van der Waals surface area contributed by atoms with Gasteiger partial charge in [0.05, 0.1) is 0 Å². The molecule has 0 aromatic rings. The van der Waals surface area contributed by atoms with Crippen LogP contribution in [0, 0.1) is 0 Å². The number of hydrogen-bond donors (Lipinski definition) is 2. The van der Waals surface area contributed by atoms with Crippen LogP contribution in [0.1, 0.15) is 157 Å².